The van der Waals surface area contributed by atoms with Crippen LogP contribution in [-0.2, 0) is 6.42 Å². The lowest BCUT2D eigenvalue weighted by Crippen LogP contribution is -2.55. The molecule has 166 valence electrons. The Morgan fingerprint density at radius 1 is 1.22 bits per heavy atom. The van der Waals surface area contributed by atoms with Gasteiger partial charge in [-0.1, -0.05) is 12.1 Å². The van der Waals surface area contributed by atoms with E-state index in [1.165, 1.54) is 47.9 Å². The lowest BCUT2D eigenvalue weighted by molar-refractivity contribution is -0.384. The van der Waals surface area contributed by atoms with Gasteiger partial charge < -0.3 is 15.1 Å². The maximum atomic E-state index is 13.1. The molecule has 11 heteroatoms. The average molecular weight is 457 g/mol. The Morgan fingerprint density at radius 2 is 1.94 bits per heavy atom. The number of halogens is 1. The average Bonchev–Trinajstić information content (AvgIpc) is 3.24. The molecule has 1 aromatic heterocycles. The first kappa shape index (κ1) is 21.6. The van der Waals surface area contributed by atoms with Gasteiger partial charge in [0.1, 0.15) is 11.6 Å². The van der Waals surface area contributed by atoms with Gasteiger partial charge in [0.15, 0.2) is 0 Å². The maximum absolute atomic E-state index is 13.1. The van der Waals surface area contributed by atoms with Crippen LogP contribution in [0.3, 0.4) is 0 Å². The van der Waals surface area contributed by atoms with E-state index in [-0.39, 0.29) is 23.6 Å². The number of aromatic nitrogens is 2. The fraction of sp³-hybridized carbons (Fsp3) is 0.286. The summed E-state index contributed by atoms with van der Waals surface area (Å²) < 4.78 is 17.5. The third-order valence-electron chi connectivity index (χ3n) is 5.22. The SMILES string of the molecule is CC1CN(c2nc(Cc3ccc(F)cc3)ns2)CCN1C(=O)Nc1ccc([N+](=O)[O-])cc1. The Balaban J connectivity index is 1.33. The summed E-state index contributed by atoms with van der Waals surface area (Å²) in [6.07, 6.45) is 0.532. The highest BCUT2D eigenvalue weighted by atomic mass is 32.1. The Morgan fingerprint density at radius 3 is 2.59 bits per heavy atom. The van der Waals surface area contributed by atoms with E-state index in [9.17, 15) is 19.3 Å². The molecule has 32 heavy (non-hydrogen) atoms. The number of nitrogens with one attached hydrogen (secondary N) is 1. The van der Waals surface area contributed by atoms with Crippen molar-refractivity contribution in [2.45, 2.75) is 19.4 Å². The third-order valence-corrected chi connectivity index (χ3v) is 6.04. The van der Waals surface area contributed by atoms with Crippen molar-refractivity contribution in [3.8, 4) is 0 Å². The normalized spacial score (nSPS) is 16.1. The molecular weight excluding hydrogens is 435 g/mol. The predicted molar refractivity (Wildman–Crippen MR) is 120 cm³/mol. The number of hydrogen-bond acceptors (Lipinski definition) is 7. The van der Waals surface area contributed by atoms with E-state index in [2.05, 4.69) is 19.6 Å². The van der Waals surface area contributed by atoms with Crippen LogP contribution in [0.1, 0.15) is 18.3 Å². The van der Waals surface area contributed by atoms with Crippen molar-refractivity contribution in [1.29, 1.82) is 0 Å². The number of anilines is 2. The van der Waals surface area contributed by atoms with Gasteiger partial charge in [0.2, 0.25) is 5.13 Å². The Bertz CT molecular complexity index is 1110. The van der Waals surface area contributed by atoms with Gasteiger partial charge in [-0.25, -0.2) is 14.2 Å². The van der Waals surface area contributed by atoms with Gasteiger partial charge in [0.25, 0.3) is 5.69 Å². The molecule has 1 saturated heterocycles. The van der Waals surface area contributed by atoms with Crippen molar-refractivity contribution in [2.24, 2.45) is 0 Å². The zero-order valence-corrected chi connectivity index (χ0v) is 18.1. The molecule has 1 atom stereocenters. The summed E-state index contributed by atoms with van der Waals surface area (Å²) in [5, 5.41) is 14.3. The Labute approximate surface area is 187 Å². The number of carbonyl (C=O) groups is 1. The Hall–Kier alpha value is -3.60. The van der Waals surface area contributed by atoms with Gasteiger partial charge in [-0.05, 0) is 36.8 Å². The van der Waals surface area contributed by atoms with E-state index in [1.807, 2.05) is 6.92 Å². The zero-order valence-electron chi connectivity index (χ0n) is 17.3. The first-order chi connectivity index (χ1) is 15.4. The standard InChI is InChI=1S/C21H21FN6O3S/c1-14-13-26(21-24-19(25-32-21)12-15-2-4-16(22)5-3-15)10-11-27(14)20(29)23-17-6-8-18(9-7-17)28(30)31/h2-9,14H,10-13H2,1H3,(H,23,29). The van der Waals surface area contributed by atoms with E-state index in [0.717, 1.165) is 10.7 Å². The van der Waals surface area contributed by atoms with Crippen LogP contribution < -0.4 is 10.2 Å². The molecule has 4 rings (SSSR count). The summed E-state index contributed by atoms with van der Waals surface area (Å²) in [5.41, 5.74) is 1.42. The van der Waals surface area contributed by atoms with Crippen LogP contribution >= 0.6 is 11.5 Å². The second-order valence-corrected chi connectivity index (χ2v) is 8.25. The molecule has 3 aromatic rings. The summed E-state index contributed by atoms with van der Waals surface area (Å²) in [7, 11) is 0. The third kappa shape index (κ3) is 4.99. The fourth-order valence-electron chi connectivity index (χ4n) is 3.52. The molecular formula is C21H21FN6O3S. The van der Waals surface area contributed by atoms with Gasteiger partial charge in [-0.3, -0.25) is 10.1 Å². The summed E-state index contributed by atoms with van der Waals surface area (Å²) in [6.45, 7) is 3.69. The van der Waals surface area contributed by atoms with Crippen LogP contribution in [0.2, 0.25) is 0 Å². The largest absolute Gasteiger partial charge is 0.343 e. The van der Waals surface area contributed by atoms with Crippen LogP contribution in [0.4, 0.5) is 25.7 Å². The van der Waals surface area contributed by atoms with Crippen molar-refractivity contribution in [3.63, 3.8) is 0 Å². The zero-order chi connectivity index (χ0) is 22.7. The highest BCUT2D eigenvalue weighted by molar-refractivity contribution is 7.09. The molecule has 2 amide bonds. The van der Waals surface area contributed by atoms with Crippen LogP contribution in [0.25, 0.3) is 0 Å². The van der Waals surface area contributed by atoms with Crippen LogP contribution in [0.15, 0.2) is 48.5 Å². The molecule has 0 spiro atoms. The molecule has 1 aliphatic rings. The van der Waals surface area contributed by atoms with Gasteiger partial charge >= 0.3 is 6.03 Å². The number of non-ortho nitro benzene ring substituents is 1. The molecule has 0 radical (unpaired) electrons. The van der Waals surface area contributed by atoms with E-state index < -0.39 is 4.92 Å². The van der Waals surface area contributed by atoms with Crippen LogP contribution in [0.5, 0.6) is 0 Å². The number of hydrogen-bond donors (Lipinski definition) is 1. The smallest absolute Gasteiger partial charge is 0.322 e. The van der Waals surface area contributed by atoms with E-state index in [0.29, 0.717) is 37.6 Å². The molecule has 1 unspecified atom stereocenters. The van der Waals surface area contributed by atoms with Gasteiger partial charge in [-0.2, -0.15) is 4.37 Å². The van der Waals surface area contributed by atoms with Crippen molar-refractivity contribution >= 4 is 34.1 Å². The first-order valence-electron chi connectivity index (χ1n) is 10.0. The fourth-order valence-corrected chi connectivity index (χ4v) is 4.24. The summed E-state index contributed by atoms with van der Waals surface area (Å²) in [5.74, 6) is 0.410. The van der Waals surface area contributed by atoms with Gasteiger partial charge in [0, 0.05) is 61.4 Å². The number of benzene rings is 2. The predicted octanol–water partition coefficient (Wildman–Crippen LogP) is 3.92. The highest BCUT2D eigenvalue weighted by Crippen LogP contribution is 2.23. The topological polar surface area (TPSA) is 104 Å². The molecule has 0 aliphatic carbocycles. The number of nitro benzene ring substituents is 1. The second-order valence-electron chi connectivity index (χ2n) is 7.52. The number of urea groups is 1. The van der Waals surface area contributed by atoms with Crippen LogP contribution in [0, 0.1) is 15.9 Å². The maximum Gasteiger partial charge on any atom is 0.322 e. The second kappa shape index (κ2) is 9.27. The van der Waals surface area contributed by atoms with Gasteiger partial charge in [-0.15, -0.1) is 0 Å². The molecule has 0 saturated carbocycles. The summed E-state index contributed by atoms with van der Waals surface area (Å²) in [6, 6.07) is 11.7. The van der Waals surface area contributed by atoms with E-state index in [4.69, 9.17) is 0 Å². The van der Waals surface area contributed by atoms with E-state index >= 15 is 0 Å². The number of nitrogens with zero attached hydrogens (tertiary/aromatic N) is 5. The minimum absolute atomic E-state index is 0.0270. The number of amides is 2. The first-order valence-corrected chi connectivity index (χ1v) is 10.8. The molecule has 1 fully saturated rings. The number of carbonyl (C=O) groups excluding carboxylic acids is 1. The summed E-state index contributed by atoms with van der Waals surface area (Å²) >= 11 is 1.31. The lowest BCUT2D eigenvalue weighted by atomic mass is 10.1. The minimum atomic E-state index is -0.481. The molecule has 1 N–H and O–H groups in total. The Kier molecular flexibility index (Phi) is 6.26. The monoisotopic (exact) mass is 456 g/mol. The molecule has 9 nitrogen and oxygen atoms in total. The quantitative estimate of drug-likeness (QED) is 0.461. The molecule has 2 heterocycles. The highest BCUT2D eigenvalue weighted by Gasteiger charge is 2.29. The number of nitro groups is 1. The van der Waals surface area contributed by atoms with Crippen molar-refractivity contribution < 1.29 is 14.1 Å². The molecule has 1 aliphatic heterocycles. The van der Waals surface area contributed by atoms with Crippen molar-refractivity contribution in [1.82, 2.24) is 14.3 Å². The van der Waals surface area contributed by atoms with Crippen molar-refractivity contribution in [2.75, 3.05) is 29.9 Å². The van der Waals surface area contributed by atoms with Crippen molar-refractivity contribution in [3.05, 3.63) is 75.9 Å². The lowest BCUT2D eigenvalue weighted by Gasteiger charge is -2.39. The van der Waals surface area contributed by atoms with E-state index in [1.54, 1.807) is 17.0 Å². The number of rotatable bonds is 5. The van der Waals surface area contributed by atoms with Gasteiger partial charge in [0.05, 0.1) is 4.92 Å². The molecule has 2 aromatic carbocycles. The number of piperazine rings is 1. The molecule has 0 bridgehead atoms. The van der Waals surface area contributed by atoms with Crippen LogP contribution in [-0.4, -0.2) is 50.9 Å². The summed E-state index contributed by atoms with van der Waals surface area (Å²) in [4.78, 5) is 31.4. The minimum Gasteiger partial charge on any atom is -0.343 e.